The molecule has 2 aliphatic heterocycles. The monoisotopic (exact) mass is 288 g/mol. The molecule has 1 amide bonds. The first kappa shape index (κ1) is 13.2. The first-order chi connectivity index (χ1) is 10.3. The van der Waals surface area contributed by atoms with Crippen molar-refractivity contribution in [2.45, 2.75) is 37.5 Å². The van der Waals surface area contributed by atoms with Gasteiger partial charge in [-0.1, -0.05) is 0 Å². The number of hydrogen-bond acceptors (Lipinski definition) is 5. The number of fused-ring (bicyclic) bond motifs is 1. The van der Waals surface area contributed by atoms with Gasteiger partial charge in [-0.25, -0.2) is 0 Å². The second-order valence-corrected chi connectivity index (χ2v) is 6.15. The minimum absolute atomic E-state index is 0.0514. The van der Waals surface area contributed by atoms with E-state index in [1.54, 1.807) is 12.3 Å². The Hall–Kier alpha value is -1.53. The minimum atomic E-state index is -0.0514. The summed E-state index contributed by atoms with van der Waals surface area (Å²) in [6.07, 6.45) is 6.93. The van der Waals surface area contributed by atoms with E-state index in [-0.39, 0.29) is 11.9 Å². The Morgan fingerprint density at radius 2 is 2.19 bits per heavy atom. The van der Waals surface area contributed by atoms with Crippen molar-refractivity contribution in [3.05, 3.63) is 24.0 Å². The number of likely N-dealkylation sites (tertiary alicyclic amines) is 1. The summed E-state index contributed by atoms with van der Waals surface area (Å²) in [6, 6.07) is 2.25. The molecular weight excluding hydrogens is 268 g/mol. The molecule has 4 atom stereocenters. The summed E-state index contributed by atoms with van der Waals surface area (Å²) in [5.41, 5.74) is 0.576. The molecule has 0 spiro atoms. The molecule has 3 fully saturated rings. The van der Waals surface area contributed by atoms with Crippen molar-refractivity contribution in [1.29, 1.82) is 0 Å². The summed E-state index contributed by atoms with van der Waals surface area (Å²) in [7, 11) is 0. The van der Waals surface area contributed by atoms with Crippen LogP contribution >= 0.6 is 0 Å². The van der Waals surface area contributed by atoms with Gasteiger partial charge in [0, 0.05) is 12.5 Å². The van der Waals surface area contributed by atoms with Crippen LogP contribution in [0.1, 0.15) is 29.6 Å². The first-order valence-corrected chi connectivity index (χ1v) is 7.78. The highest BCUT2D eigenvalue weighted by atomic mass is 16.5. The van der Waals surface area contributed by atoms with E-state index in [1.165, 1.54) is 19.0 Å². The summed E-state index contributed by atoms with van der Waals surface area (Å²) >= 11 is 0. The summed E-state index contributed by atoms with van der Waals surface area (Å²) in [5, 5.41) is 10.7. The SMILES string of the molecule is O=C(N[C@H]1[C@H]2CCO[C@H]2[C@@H]1N1CCCC1)c1ccnnc1. The van der Waals surface area contributed by atoms with Crippen LogP contribution in [0.5, 0.6) is 0 Å². The molecule has 1 aromatic heterocycles. The van der Waals surface area contributed by atoms with Crippen LogP contribution < -0.4 is 5.32 Å². The quantitative estimate of drug-likeness (QED) is 0.875. The zero-order chi connectivity index (χ0) is 14.2. The highest BCUT2D eigenvalue weighted by Gasteiger charge is 2.56. The maximum absolute atomic E-state index is 12.4. The lowest BCUT2D eigenvalue weighted by Gasteiger charge is -2.51. The van der Waals surface area contributed by atoms with Crippen LogP contribution in [0.25, 0.3) is 0 Å². The number of carbonyl (C=O) groups excluding carboxylic acids is 1. The maximum atomic E-state index is 12.4. The number of nitrogens with one attached hydrogen (secondary N) is 1. The Morgan fingerprint density at radius 1 is 1.33 bits per heavy atom. The van der Waals surface area contributed by atoms with Crippen molar-refractivity contribution < 1.29 is 9.53 Å². The van der Waals surface area contributed by atoms with Crippen molar-refractivity contribution in [2.75, 3.05) is 19.7 Å². The lowest BCUT2D eigenvalue weighted by atomic mass is 9.70. The zero-order valence-electron chi connectivity index (χ0n) is 11.9. The van der Waals surface area contributed by atoms with E-state index in [4.69, 9.17) is 4.74 Å². The predicted molar refractivity (Wildman–Crippen MR) is 75.7 cm³/mol. The first-order valence-electron chi connectivity index (χ1n) is 7.78. The van der Waals surface area contributed by atoms with Crippen LogP contribution in [0.15, 0.2) is 18.5 Å². The van der Waals surface area contributed by atoms with Gasteiger partial charge in [0.15, 0.2) is 0 Å². The molecule has 1 saturated carbocycles. The highest BCUT2D eigenvalue weighted by molar-refractivity contribution is 5.94. The molecule has 0 radical (unpaired) electrons. The van der Waals surface area contributed by atoms with Crippen molar-refractivity contribution in [2.24, 2.45) is 5.92 Å². The Labute approximate surface area is 123 Å². The van der Waals surface area contributed by atoms with Gasteiger partial charge in [0.1, 0.15) is 0 Å². The molecule has 2 saturated heterocycles. The molecule has 21 heavy (non-hydrogen) atoms. The molecular formula is C15H20N4O2. The van der Waals surface area contributed by atoms with E-state index < -0.39 is 0 Å². The van der Waals surface area contributed by atoms with Crippen LogP contribution in [0, 0.1) is 5.92 Å². The second kappa shape index (κ2) is 5.35. The second-order valence-electron chi connectivity index (χ2n) is 6.15. The van der Waals surface area contributed by atoms with E-state index in [0.29, 0.717) is 23.6 Å². The Kier molecular flexibility index (Phi) is 3.35. The van der Waals surface area contributed by atoms with E-state index >= 15 is 0 Å². The van der Waals surface area contributed by atoms with E-state index in [2.05, 4.69) is 20.4 Å². The lowest BCUT2D eigenvalue weighted by molar-refractivity contribution is -0.0747. The summed E-state index contributed by atoms with van der Waals surface area (Å²) < 4.78 is 5.88. The van der Waals surface area contributed by atoms with Crippen LogP contribution in [-0.4, -0.2) is 58.9 Å². The number of ether oxygens (including phenoxy) is 1. The Morgan fingerprint density at radius 3 is 2.95 bits per heavy atom. The summed E-state index contributed by atoms with van der Waals surface area (Å²) in [4.78, 5) is 14.8. The van der Waals surface area contributed by atoms with Crippen molar-refractivity contribution in [3.63, 3.8) is 0 Å². The van der Waals surface area contributed by atoms with Gasteiger partial charge >= 0.3 is 0 Å². The van der Waals surface area contributed by atoms with E-state index in [0.717, 1.165) is 26.1 Å². The van der Waals surface area contributed by atoms with Gasteiger partial charge in [-0.15, -0.1) is 0 Å². The molecule has 1 aliphatic carbocycles. The van der Waals surface area contributed by atoms with Gasteiger partial charge in [-0.2, -0.15) is 10.2 Å². The lowest BCUT2D eigenvalue weighted by Crippen LogP contribution is -2.70. The third-order valence-corrected chi connectivity index (χ3v) is 5.06. The minimum Gasteiger partial charge on any atom is -0.376 e. The van der Waals surface area contributed by atoms with Gasteiger partial charge in [0.05, 0.1) is 36.1 Å². The average molecular weight is 288 g/mol. The molecule has 0 bridgehead atoms. The number of hydrogen-bond donors (Lipinski definition) is 1. The summed E-state index contributed by atoms with van der Waals surface area (Å²) in [6.45, 7) is 3.07. The zero-order valence-corrected chi connectivity index (χ0v) is 11.9. The van der Waals surface area contributed by atoms with Gasteiger partial charge in [-0.05, 0) is 38.4 Å². The third-order valence-electron chi connectivity index (χ3n) is 5.06. The standard InChI is InChI=1S/C15H20N4O2/c20-15(10-3-5-16-17-9-10)18-12-11-4-8-21-14(11)13(12)19-6-1-2-7-19/h3,5,9,11-14H,1-2,4,6-8H2,(H,18,20)/t11-,12+,13-,14-/m1/s1. The molecule has 3 aliphatic rings. The largest absolute Gasteiger partial charge is 0.376 e. The van der Waals surface area contributed by atoms with Crippen molar-refractivity contribution in [3.8, 4) is 0 Å². The van der Waals surface area contributed by atoms with Gasteiger partial charge in [0.25, 0.3) is 5.91 Å². The third kappa shape index (κ3) is 2.22. The van der Waals surface area contributed by atoms with Crippen LogP contribution in [0.4, 0.5) is 0 Å². The van der Waals surface area contributed by atoms with Gasteiger partial charge < -0.3 is 10.1 Å². The average Bonchev–Trinajstić information content (AvgIpc) is 3.16. The number of carbonyl (C=O) groups is 1. The van der Waals surface area contributed by atoms with E-state index in [9.17, 15) is 4.79 Å². The van der Waals surface area contributed by atoms with Gasteiger partial charge in [-0.3, -0.25) is 9.69 Å². The molecule has 4 rings (SSSR count). The maximum Gasteiger partial charge on any atom is 0.253 e. The van der Waals surface area contributed by atoms with Crippen LogP contribution in [0.2, 0.25) is 0 Å². The highest BCUT2D eigenvalue weighted by Crippen LogP contribution is 2.42. The molecule has 3 heterocycles. The Balaban J connectivity index is 1.48. The van der Waals surface area contributed by atoms with Crippen LogP contribution in [0.3, 0.4) is 0 Å². The smallest absolute Gasteiger partial charge is 0.253 e. The predicted octanol–water partition coefficient (Wildman–Crippen LogP) is 0.458. The van der Waals surface area contributed by atoms with Crippen molar-refractivity contribution >= 4 is 5.91 Å². The number of amides is 1. The number of nitrogens with zero attached hydrogens (tertiary/aromatic N) is 3. The number of aromatic nitrogens is 2. The molecule has 6 nitrogen and oxygen atoms in total. The van der Waals surface area contributed by atoms with E-state index in [1.807, 2.05) is 0 Å². The summed E-state index contributed by atoms with van der Waals surface area (Å²) in [5.74, 6) is 0.416. The van der Waals surface area contributed by atoms with Crippen molar-refractivity contribution in [1.82, 2.24) is 20.4 Å². The normalized spacial score (nSPS) is 35.2. The topological polar surface area (TPSA) is 67.3 Å². The fraction of sp³-hybridized carbons (Fsp3) is 0.667. The fourth-order valence-corrected chi connectivity index (χ4v) is 4.00. The molecule has 1 aromatic rings. The fourth-order valence-electron chi connectivity index (χ4n) is 4.00. The van der Waals surface area contributed by atoms with Gasteiger partial charge in [0.2, 0.25) is 0 Å². The number of rotatable bonds is 3. The molecule has 0 aromatic carbocycles. The van der Waals surface area contributed by atoms with Crippen LogP contribution in [-0.2, 0) is 4.74 Å². The molecule has 112 valence electrons. The molecule has 1 N–H and O–H groups in total. The molecule has 6 heteroatoms. The molecule has 0 unspecified atom stereocenters. The Bertz CT molecular complexity index is 513.